The topological polar surface area (TPSA) is 43.1 Å². The van der Waals surface area contributed by atoms with E-state index in [1.54, 1.807) is 0 Å². The lowest BCUT2D eigenvalue weighted by atomic mass is 9.81. The molecule has 0 amide bonds. The number of nitrogens with two attached hydrogens (primary N) is 1. The maximum absolute atomic E-state index is 12.2. The summed E-state index contributed by atoms with van der Waals surface area (Å²) in [5.41, 5.74) is 3.00. The van der Waals surface area contributed by atoms with E-state index in [4.69, 9.17) is 5.73 Å². The molecule has 0 radical (unpaired) electrons. The van der Waals surface area contributed by atoms with Crippen LogP contribution in [0, 0.1) is 0 Å². The highest BCUT2D eigenvalue weighted by Crippen LogP contribution is 2.38. The summed E-state index contributed by atoms with van der Waals surface area (Å²) in [6.07, 6.45) is -5.01. The summed E-state index contributed by atoms with van der Waals surface area (Å²) in [5, 5.41) is 0. The van der Waals surface area contributed by atoms with Gasteiger partial charge in [-0.1, -0.05) is 0 Å². The SMILES string of the molecule is Cl.NC1(C(F)(F)F)CCC(=O)CC1. The lowest BCUT2D eigenvalue weighted by Crippen LogP contribution is -2.55. The first kappa shape index (κ1) is 12.7. The third-order valence-corrected chi connectivity index (χ3v) is 2.26. The zero-order valence-electron chi connectivity index (χ0n) is 6.86. The Morgan fingerprint density at radius 2 is 1.62 bits per heavy atom. The van der Waals surface area contributed by atoms with Gasteiger partial charge in [0.2, 0.25) is 0 Å². The molecule has 0 aromatic rings. The number of hydrogen-bond donors (Lipinski definition) is 1. The molecule has 1 rings (SSSR count). The van der Waals surface area contributed by atoms with Crippen LogP contribution in [0.4, 0.5) is 13.2 Å². The van der Waals surface area contributed by atoms with Crippen molar-refractivity contribution in [3.05, 3.63) is 0 Å². The predicted molar refractivity (Wildman–Crippen MR) is 43.7 cm³/mol. The zero-order chi connectivity index (χ0) is 9.41. The van der Waals surface area contributed by atoms with Crippen molar-refractivity contribution in [2.75, 3.05) is 0 Å². The van der Waals surface area contributed by atoms with Crippen LogP contribution in [0.2, 0.25) is 0 Å². The van der Waals surface area contributed by atoms with Gasteiger partial charge in [-0.25, -0.2) is 0 Å². The summed E-state index contributed by atoms with van der Waals surface area (Å²) in [6, 6.07) is 0. The number of Topliss-reactive ketones (excluding diaryl/α,β-unsaturated/α-hetero) is 1. The molecular weight excluding hydrogens is 207 g/mol. The second-order valence-electron chi connectivity index (χ2n) is 3.19. The summed E-state index contributed by atoms with van der Waals surface area (Å²) in [4.78, 5) is 10.7. The van der Waals surface area contributed by atoms with Gasteiger partial charge in [0, 0.05) is 12.8 Å². The summed E-state index contributed by atoms with van der Waals surface area (Å²) in [6.45, 7) is 0. The average Bonchev–Trinajstić information content (AvgIpc) is 1.93. The van der Waals surface area contributed by atoms with Crippen LogP contribution in [0.25, 0.3) is 0 Å². The van der Waals surface area contributed by atoms with Gasteiger partial charge < -0.3 is 5.73 Å². The van der Waals surface area contributed by atoms with E-state index < -0.39 is 11.7 Å². The molecule has 6 heteroatoms. The third-order valence-electron chi connectivity index (χ3n) is 2.26. The van der Waals surface area contributed by atoms with Crippen LogP contribution in [-0.4, -0.2) is 17.5 Å². The lowest BCUT2D eigenvalue weighted by molar-refractivity contribution is -0.193. The Kier molecular flexibility index (Phi) is 3.75. The first-order valence-electron chi connectivity index (χ1n) is 3.72. The highest BCUT2D eigenvalue weighted by molar-refractivity contribution is 5.85. The van der Waals surface area contributed by atoms with Crippen molar-refractivity contribution in [2.24, 2.45) is 5.73 Å². The second-order valence-corrected chi connectivity index (χ2v) is 3.19. The average molecular weight is 218 g/mol. The summed E-state index contributed by atoms with van der Waals surface area (Å²) >= 11 is 0. The fourth-order valence-corrected chi connectivity index (χ4v) is 1.26. The van der Waals surface area contributed by atoms with Crippen molar-refractivity contribution in [1.82, 2.24) is 0 Å². The second kappa shape index (κ2) is 3.84. The van der Waals surface area contributed by atoms with Gasteiger partial charge in [-0.15, -0.1) is 12.4 Å². The van der Waals surface area contributed by atoms with Gasteiger partial charge in [-0.05, 0) is 12.8 Å². The molecule has 0 atom stereocenters. The van der Waals surface area contributed by atoms with Gasteiger partial charge in [0.15, 0.2) is 0 Å². The van der Waals surface area contributed by atoms with Crippen LogP contribution in [0.15, 0.2) is 0 Å². The molecule has 1 fully saturated rings. The van der Waals surface area contributed by atoms with Crippen molar-refractivity contribution in [3.8, 4) is 0 Å². The van der Waals surface area contributed by atoms with Crippen molar-refractivity contribution < 1.29 is 18.0 Å². The smallest absolute Gasteiger partial charge is 0.318 e. The molecule has 1 saturated carbocycles. The van der Waals surface area contributed by atoms with Crippen LogP contribution < -0.4 is 5.73 Å². The molecule has 0 aromatic heterocycles. The summed E-state index contributed by atoms with van der Waals surface area (Å²) in [5.74, 6) is -0.125. The lowest BCUT2D eigenvalue weighted by Gasteiger charge is -2.34. The molecule has 1 aliphatic rings. The Hall–Kier alpha value is -0.290. The molecule has 0 bridgehead atoms. The Morgan fingerprint density at radius 1 is 1.23 bits per heavy atom. The number of carbonyl (C=O) groups excluding carboxylic acids is 1. The van der Waals surface area contributed by atoms with Gasteiger partial charge >= 0.3 is 6.18 Å². The monoisotopic (exact) mass is 217 g/mol. The third kappa shape index (κ3) is 2.57. The molecular formula is C7H11ClF3NO. The van der Waals surface area contributed by atoms with E-state index in [1.807, 2.05) is 0 Å². The first-order valence-corrected chi connectivity index (χ1v) is 3.72. The van der Waals surface area contributed by atoms with Gasteiger partial charge in [0.25, 0.3) is 0 Å². The molecule has 0 spiro atoms. The number of halogens is 4. The van der Waals surface area contributed by atoms with Crippen molar-refractivity contribution in [3.63, 3.8) is 0 Å². The first-order chi connectivity index (χ1) is 5.35. The maximum Gasteiger partial charge on any atom is 0.406 e. The number of alkyl halides is 3. The van der Waals surface area contributed by atoms with Crippen LogP contribution in [0.3, 0.4) is 0 Å². The molecule has 2 N–H and O–H groups in total. The molecule has 0 saturated heterocycles. The van der Waals surface area contributed by atoms with E-state index in [2.05, 4.69) is 0 Å². The number of ketones is 1. The van der Waals surface area contributed by atoms with E-state index in [1.165, 1.54) is 0 Å². The van der Waals surface area contributed by atoms with Crippen LogP contribution in [-0.2, 0) is 4.79 Å². The van der Waals surface area contributed by atoms with Gasteiger partial charge in [0.05, 0.1) is 0 Å². The van der Waals surface area contributed by atoms with E-state index >= 15 is 0 Å². The number of rotatable bonds is 0. The molecule has 13 heavy (non-hydrogen) atoms. The van der Waals surface area contributed by atoms with Crippen molar-refractivity contribution >= 4 is 18.2 Å². The van der Waals surface area contributed by atoms with E-state index in [0.717, 1.165) is 0 Å². The molecule has 1 aliphatic carbocycles. The minimum Gasteiger partial charge on any atom is -0.318 e. The van der Waals surface area contributed by atoms with E-state index in [-0.39, 0.29) is 43.9 Å². The van der Waals surface area contributed by atoms with Gasteiger partial charge in [0.1, 0.15) is 11.3 Å². The maximum atomic E-state index is 12.2. The summed E-state index contributed by atoms with van der Waals surface area (Å²) < 4.78 is 36.6. The Bertz CT molecular complexity index is 194. The number of hydrogen-bond acceptors (Lipinski definition) is 2. The standard InChI is InChI=1S/C7H10F3NO.ClH/c8-7(9,10)6(11)3-1-5(12)2-4-6;/h1-4,11H2;1H. The van der Waals surface area contributed by atoms with Crippen molar-refractivity contribution in [1.29, 1.82) is 0 Å². The van der Waals surface area contributed by atoms with E-state index in [9.17, 15) is 18.0 Å². The molecule has 0 heterocycles. The summed E-state index contributed by atoms with van der Waals surface area (Å²) in [7, 11) is 0. The molecule has 0 aliphatic heterocycles. The Balaban J connectivity index is 0.00000144. The fraction of sp³-hybridized carbons (Fsp3) is 0.857. The van der Waals surface area contributed by atoms with Crippen LogP contribution in [0.5, 0.6) is 0 Å². The van der Waals surface area contributed by atoms with Crippen LogP contribution in [0.1, 0.15) is 25.7 Å². The van der Waals surface area contributed by atoms with Gasteiger partial charge in [-0.3, -0.25) is 4.79 Å². The fourth-order valence-electron chi connectivity index (χ4n) is 1.26. The molecule has 78 valence electrons. The molecule has 0 aromatic carbocycles. The Labute approximate surface area is 80.1 Å². The highest BCUT2D eigenvalue weighted by atomic mass is 35.5. The molecule has 0 unspecified atom stereocenters. The number of carbonyl (C=O) groups is 1. The minimum absolute atomic E-state index is 0. The Morgan fingerprint density at radius 3 is 1.92 bits per heavy atom. The predicted octanol–water partition coefficient (Wildman–Crippen LogP) is 1.81. The van der Waals surface area contributed by atoms with Gasteiger partial charge in [-0.2, -0.15) is 13.2 Å². The highest BCUT2D eigenvalue weighted by Gasteiger charge is 2.52. The minimum atomic E-state index is -4.38. The largest absolute Gasteiger partial charge is 0.406 e. The van der Waals surface area contributed by atoms with E-state index in [0.29, 0.717) is 0 Å². The zero-order valence-corrected chi connectivity index (χ0v) is 7.67. The normalized spacial score (nSPS) is 22.3. The van der Waals surface area contributed by atoms with Crippen LogP contribution >= 0.6 is 12.4 Å². The van der Waals surface area contributed by atoms with Crippen molar-refractivity contribution in [2.45, 2.75) is 37.4 Å². The molecule has 2 nitrogen and oxygen atoms in total. The quantitative estimate of drug-likeness (QED) is 0.673.